The van der Waals surface area contributed by atoms with Crippen molar-refractivity contribution in [2.45, 2.75) is 25.7 Å². The van der Waals surface area contributed by atoms with Gasteiger partial charge < -0.3 is 20.2 Å². The minimum Gasteiger partial charge on any atom is -0.358 e. The number of hydrogen-bond acceptors (Lipinski definition) is 8. The van der Waals surface area contributed by atoms with Gasteiger partial charge in [-0.1, -0.05) is 5.16 Å². The maximum atomic E-state index is 12.9. The molecule has 0 unspecified atom stereocenters. The van der Waals surface area contributed by atoms with Crippen LogP contribution in [0.15, 0.2) is 35.1 Å². The summed E-state index contributed by atoms with van der Waals surface area (Å²) in [5.41, 5.74) is 4.06. The van der Waals surface area contributed by atoms with E-state index in [0.29, 0.717) is 34.9 Å². The van der Waals surface area contributed by atoms with E-state index >= 15 is 0 Å². The number of benzene rings is 1. The van der Waals surface area contributed by atoms with Gasteiger partial charge in [-0.05, 0) is 25.1 Å². The Hall–Kier alpha value is -4.00. The molecule has 4 heterocycles. The third-order valence-corrected chi connectivity index (χ3v) is 5.21. The van der Waals surface area contributed by atoms with E-state index in [-0.39, 0.29) is 17.0 Å². The second kappa shape index (κ2) is 7.55. The van der Waals surface area contributed by atoms with Gasteiger partial charge in [-0.3, -0.25) is 4.79 Å². The summed E-state index contributed by atoms with van der Waals surface area (Å²) in [6.07, 6.45) is -3.15. The number of alkyl halides is 3. The minimum atomic E-state index is -4.45. The predicted molar refractivity (Wildman–Crippen MR) is 110 cm³/mol. The largest absolute Gasteiger partial charge is 0.416 e. The van der Waals surface area contributed by atoms with Crippen molar-refractivity contribution >= 4 is 22.8 Å². The molecule has 3 aromatic heterocycles. The van der Waals surface area contributed by atoms with Gasteiger partial charge in [-0.25, -0.2) is 20.0 Å². The summed E-state index contributed by atoms with van der Waals surface area (Å²) in [4.78, 5) is 28.1. The Bertz CT molecular complexity index is 1360. The average Bonchev–Trinajstić information content (AvgIpc) is 3.48. The lowest BCUT2D eigenvalue weighted by Gasteiger charge is -2.11. The Balaban J connectivity index is 1.35. The SMILES string of the molecule is C[C@H](NC(=O)c1ncnc2c1CN(C)N2)c1cc(-c2nc3ccc(C(F)(F)F)cc3[nH]2)no1. The summed E-state index contributed by atoms with van der Waals surface area (Å²) in [7, 11) is 1.82. The van der Waals surface area contributed by atoms with E-state index in [9.17, 15) is 18.0 Å². The van der Waals surface area contributed by atoms with Gasteiger partial charge in [0, 0.05) is 25.2 Å². The van der Waals surface area contributed by atoms with Gasteiger partial charge in [0.25, 0.3) is 5.91 Å². The molecule has 1 aliphatic rings. The fourth-order valence-electron chi connectivity index (χ4n) is 3.56. The predicted octanol–water partition coefficient (Wildman–Crippen LogP) is 3.29. The number of nitrogens with one attached hydrogen (secondary N) is 3. The molecule has 1 atom stereocenters. The quantitative estimate of drug-likeness (QED) is 0.426. The normalized spacial score (nSPS) is 14.8. The van der Waals surface area contributed by atoms with Gasteiger partial charge in [0.15, 0.2) is 11.6 Å². The lowest BCUT2D eigenvalue weighted by molar-refractivity contribution is -0.137. The topological polar surface area (TPSA) is 125 Å². The number of carbonyl (C=O) groups excluding carboxylic acids is 1. The van der Waals surface area contributed by atoms with Crippen molar-refractivity contribution in [2.75, 3.05) is 12.5 Å². The molecule has 33 heavy (non-hydrogen) atoms. The number of hydrazine groups is 1. The summed E-state index contributed by atoms with van der Waals surface area (Å²) in [5, 5.41) is 8.53. The van der Waals surface area contributed by atoms with Crippen molar-refractivity contribution in [3.63, 3.8) is 0 Å². The summed E-state index contributed by atoms with van der Waals surface area (Å²) in [5.74, 6) is 0.766. The Morgan fingerprint density at radius 1 is 1.27 bits per heavy atom. The van der Waals surface area contributed by atoms with E-state index in [0.717, 1.165) is 12.1 Å². The number of aromatic nitrogens is 5. The Labute approximate surface area is 184 Å². The smallest absolute Gasteiger partial charge is 0.358 e. The van der Waals surface area contributed by atoms with Crippen molar-refractivity contribution in [1.29, 1.82) is 0 Å². The number of imidazole rings is 1. The number of rotatable bonds is 4. The van der Waals surface area contributed by atoms with Crippen LogP contribution in [0.2, 0.25) is 0 Å². The van der Waals surface area contributed by atoms with Crippen LogP contribution in [0.3, 0.4) is 0 Å². The molecule has 0 radical (unpaired) electrons. The highest BCUT2D eigenvalue weighted by Gasteiger charge is 2.31. The number of nitrogens with zero attached hydrogens (tertiary/aromatic N) is 5. The van der Waals surface area contributed by atoms with Gasteiger partial charge >= 0.3 is 6.18 Å². The summed E-state index contributed by atoms with van der Waals surface area (Å²) in [6, 6.07) is 4.25. The molecule has 0 fully saturated rings. The first-order valence-electron chi connectivity index (χ1n) is 9.85. The van der Waals surface area contributed by atoms with Crippen LogP contribution < -0.4 is 10.7 Å². The first-order valence-corrected chi connectivity index (χ1v) is 9.85. The Morgan fingerprint density at radius 3 is 2.88 bits per heavy atom. The Morgan fingerprint density at radius 2 is 2.09 bits per heavy atom. The highest BCUT2D eigenvalue weighted by molar-refractivity contribution is 5.95. The summed E-state index contributed by atoms with van der Waals surface area (Å²) >= 11 is 0. The zero-order valence-electron chi connectivity index (χ0n) is 17.4. The number of halogens is 3. The van der Waals surface area contributed by atoms with Crippen LogP contribution in [0, 0.1) is 0 Å². The molecule has 3 N–H and O–H groups in total. The van der Waals surface area contributed by atoms with Gasteiger partial charge in [-0.2, -0.15) is 13.2 Å². The molecular weight excluding hydrogens is 441 g/mol. The van der Waals surface area contributed by atoms with Crippen LogP contribution in [0.5, 0.6) is 0 Å². The lowest BCUT2D eigenvalue weighted by Crippen LogP contribution is -2.28. The van der Waals surface area contributed by atoms with Crippen LogP contribution in [0.1, 0.15) is 40.3 Å². The molecule has 5 rings (SSSR count). The molecule has 0 spiro atoms. The second-order valence-electron chi connectivity index (χ2n) is 7.64. The van der Waals surface area contributed by atoms with Crippen LogP contribution in [0.4, 0.5) is 19.0 Å². The third-order valence-electron chi connectivity index (χ3n) is 5.21. The zero-order valence-corrected chi connectivity index (χ0v) is 17.4. The number of hydrogen-bond donors (Lipinski definition) is 3. The first-order chi connectivity index (χ1) is 15.7. The number of aromatic amines is 1. The highest BCUT2D eigenvalue weighted by atomic mass is 19.4. The number of H-pyrrole nitrogens is 1. The maximum Gasteiger partial charge on any atom is 0.416 e. The molecule has 1 aliphatic heterocycles. The van der Waals surface area contributed by atoms with Crippen LogP contribution in [-0.2, 0) is 12.7 Å². The molecule has 10 nitrogen and oxygen atoms in total. The number of anilines is 1. The van der Waals surface area contributed by atoms with E-state index in [2.05, 4.69) is 35.8 Å². The van der Waals surface area contributed by atoms with Crippen LogP contribution in [-0.4, -0.2) is 43.1 Å². The van der Waals surface area contributed by atoms with Crippen molar-refractivity contribution in [2.24, 2.45) is 0 Å². The third kappa shape index (κ3) is 3.86. The number of carbonyl (C=O) groups is 1. The van der Waals surface area contributed by atoms with Gasteiger partial charge in [-0.15, -0.1) is 0 Å². The average molecular weight is 458 g/mol. The van der Waals surface area contributed by atoms with Crippen LogP contribution in [0.25, 0.3) is 22.6 Å². The van der Waals surface area contributed by atoms with E-state index in [1.807, 2.05) is 7.05 Å². The molecule has 0 bridgehead atoms. The van der Waals surface area contributed by atoms with E-state index < -0.39 is 23.7 Å². The fourth-order valence-corrected chi connectivity index (χ4v) is 3.56. The Kier molecular flexibility index (Phi) is 4.78. The molecule has 0 saturated carbocycles. The number of fused-ring (bicyclic) bond motifs is 2. The maximum absolute atomic E-state index is 12.9. The van der Waals surface area contributed by atoms with Crippen molar-refractivity contribution < 1.29 is 22.5 Å². The van der Waals surface area contributed by atoms with Crippen molar-refractivity contribution in [1.82, 2.24) is 35.4 Å². The van der Waals surface area contributed by atoms with Gasteiger partial charge in [0.1, 0.15) is 23.5 Å². The van der Waals surface area contributed by atoms with Crippen molar-refractivity contribution in [3.8, 4) is 11.5 Å². The lowest BCUT2D eigenvalue weighted by atomic mass is 10.2. The van der Waals surface area contributed by atoms with Gasteiger partial charge in [0.2, 0.25) is 0 Å². The standard InChI is InChI=1S/C20H17F3N8O2/c1-9(26-19(32)16-11-7-31(2)29-17(11)25-8-24-16)15-6-14(30-33-15)18-27-12-4-3-10(20(21,22)23)5-13(12)28-18/h3-6,8-9H,7H2,1-2H3,(H,26,32)(H,27,28)(H,24,25,29)/t9-/m0/s1. The first kappa shape index (κ1) is 20.9. The highest BCUT2D eigenvalue weighted by Crippen LogP contribution is 2.32. The van der Waals surface area contributed by atoms with E-state index in [1.165, 1.54) is 12.4 Å². The van der Waals surface area contributed by atoms with E-state index in [4.69, 9.17) is 4.52 Å². The monoisotopic (exact) mass is 458 g/mol. The molecule has 0 saturated heterocycles. The zero-order chi connectivity index (χ0) is 23.3. The molecule has 170 valence electrons. The summed E-state index contributed by atoms with van der Waals surface area (Å²) in [6.45, 7) is 2.18. The molecule has 0 aliphatic carbocycles. The van der Waals surface area contributed by atoms with E-state index in [1.54, 1.807) is 18.0 Å². The molecule has 1 aromatic carbocycles. The fraction of sp³-hybridized carbons (Fsp3) is 0.250. The molecule has 1 amide bonds. The number of amides is 1. The van der Waals surface area contributed by atoms with Crippen LogP contribution >= 0.6 is 0 Å². The molecule has 13 heteroatoms. The molecular formula is C20H17F3N8O2. The molecule has 4 aromatic rings. The summed E-state index contributed by atoms with van der Waals surface area (Å²) < 4.78 is 44.2. The minimum absolute atomic E-state index is 0.224. The van der Waals surface area contributed by atoms with Crippen molar-refractivity contribution in [3.05, 3.63) is 53.2 Å². The van der Waals surface area contributed by atoms with Gasteiger partial charge in [0.05, 0.1) is 22.6 Å². The second-order valence-corrected chi connectivity index (χ2v) is 7.64.